The van der Waals surface area contributed by atoms with Crippen LogP contribution in [0.1, 0.15) is 35.0 Å². The number of thiazole rings is 1. The van der Waals surface area contributed by atoms with Gasteiger partial charge in [0.15, 0.2) is 11.7 Å². The Hall–Kier alpha value is -2.93. The number of anilines is 2. The number of piperidine rings is 1. The van der Waals surface area contributed by atoms with Gasteiger partial charge < -0.3 is 15.0 Å². The number of amides is 1. The summed E-state index contributed by atoms with van der Waals surface area (Å²) < 4.78 is 5.65. The first-order chi connectivity index (χ1) is 14.6. The van der Waals surface area contributed by atoms with Gasteiger partial charge in [-0.05, 0) is 51.0 Å². The Morgan fingerprint density at radius 1 is 1.27 bits per heavy atom. The topological polar surface area (TPSA) is 67.4 Å². The van der Waals surface area contributed by atoms with Crippen molar-refractivity contribution in [3.05, 3.63) is 64.9 Å². The van der Waals surface area contributed by atoms with E-state index in [0.717, 1.165) is 41.6 Å². The van der Waals surface area contributed by atoms with Crippen LogP contribution in [0.15, 0.2) is 48.7 Å². The third kappa shape index (κ3) is 5.16. The van der Waals surface area contributed by atoms with Gasteiger partial charge in [0, 0.05) is 47.2 Å². The van der Waals surface area contributed by atoms with E-state index in [9.17, 15) is 4.79 Å². The van der Waals surface area contributed by atoms with Crippen molar-refractivity contribution in [3.63, 3.8) is 0 Å². The van der Waals surface area contributed by atoms with Gasteiger partial charge in [0.2, 0.25) is 0 Å². The Labute approximate surface area is 180 Å². The lowest BCUT2D eigenvalue weighted by atomic mass is 9.93. The van der Waals surface area contributed by atoms with Crippen molar-refractivity contribution in [1.82, 2.24) is 14.9 Å². The number of aromatic nitrogens is 2. The number of carbonyl (C=O) groups excluding carboxylic acids is 1. The summed E-state index contributed by atoms with van der Waals surface area (Å²) in [5, 5.41) is 4.26. The van der Waals surface area contributed by atoms with Crippen molar-refractivity contribution in [2.75, 3.05) is 25.0 Å². The third-order valence-electron chi connectivity index (χ3n) is 5.14. The van der Waals surface area contributed by atoms with Crippen LogP contribution in [0.3, 0.4) is 0 Å². The molecule has 7 heteroatoms. The summed E-state index contributed by atoms with van der Waals surface area (Å²) in [6, 6.07) is 13.6. The summed E-state index contributed by atoms with van der Waals surface area (Å²) in [6.45, 7) is 5.54. The van der Waals surface area contributed by atoms with Gasteiger partial charge >= 0.3 is 0 Å². The normalized spacial score (nSPS) is 16.3. The van der Waals surface area contributed by atoms with E-state index in [1.54, 1.807) is 11.3 Å². The average molecular weight is 423 g/mol. The molecule has 1 aliphatic heterocycles. The van der Waals surface area contributed by atoms with Crippen LogP contribution >= 0.6 is 11.3 Å². The van der Waals surface area contributed by atoms with Crippen LogP contribution in [0.4, 0.5) is 10.8 Å². The standard InChI is InChI=1S/C23H26N4O2S/c1-16-11-19(26-23-24-13-17(2)30-23)12-21(25-16)18-7-6-10-27(14-18)22(28)15-29-20-8-4-3-5-9-20/h3-5,8-9,11-13,18H,6-7,10,14-15H2,1-2H3,(H,24,25,26). The first-order valence-corrected chi connectivity index (χ1v) is 11.0. The molecule has 3 aromatic rings. The minimum atomic E-state index is 0.0211. The third-order valence-corrected chi connectivity index (χ3v) is 5.97. The van der Waals surface area contributed by atoms with Gasteiger partial charge in [-0.15, -0.1) is 11.3 Å². The summed E-state index contributed by atoms with van der Waals surface area (Å²) in [4.78, 5) is 24.9. The van der Waals surface area contributed by atoms with Crippen molar-refractivity contribution in [3.8, 4) is 5.75 Å². The van der Waals surface area contributed by atoms with E-state index in [2.05, 4.69) is 16.4 Å². The fraction of sp³-hybridized carbons (Fsp3) is 0.348. The number of likely N-dealkylation sites (tertiary alicyclic amines) is 1. The molecule has 1 fully saturated rings. The van der Waals surface area contributed by atoms with E-state index in [1.807, 2.05) is 61.3 Å². The van der Waals surface area contributed by atoms with Crippen LogP contribution in [0.2, 0.25) is 0 Å². The molecule has 156 valence electrons. The number of nitrogens with one attached hydrogen (secondary N) is 1. The lowest BCUT2D eigenvalue weighted by molar-refractivity contribution is -0.134. The molecule has 1 aromatic carbocycles. The molecule has 1 aliphatic rings. The van der Waals surface area contributed by atoms with Gasteiger partial charge in [0.1, 0.15) is 5.75 Å². The molecule has 30 heavy (non-hydrogen) atoms. The van der Waals surface area contributed by atoms with Crippen LogP contribution in [-0.4, -0.2) is 40.5 Å². The monoisotopic (exact) mass is 422 g/mol. The number of hydrogen-bond acceptors (Lipinski definition) is 6. The Bertz CT molecular complexity index is 1010. The second-order valence-electron chi connectivity index (χ2n) is 7.60. The number of nitrogens with zero attached hydrogens (tertiary/aromatic N) is 3. The highest BCUT2D eigenvalue weighted by atomic mass is 32.1. The number of aryl methyl sites for hydroxylation is 2. The molecule has 4 rings (SSSR count). The molecule has 1 saturated heterocycles. The lowest BCUT2D eigenvalue weighted by Crippen LogP contribution is -2.41. The number of benzene rings is 1. The Morgan fingerprint density at radius 3 is 2.87 bits per heavy atom. The van der Waals surface area contributed by atoms with Gasteiger partial charge in [-0.25, -0.2) is 4.98 Å². The first-order valence-electron chi connectivity index (χ1n) is 10.2. The number of para-hydroxylation sites is 1. The lowest BCUT2D eigenvalue weighted by Gasteiger charge is -2.32. The Morgan fingerprint density at radius 2 is 2.10 bits per heavy atom. The van der Waals surface area contributed by atoms with Crippen LogP contribution in [0, 0.1) is 13.8 Å². The molecule has 2 aromatic heterocycles. The summed E-state index contributed by atoms with van der Waals surface area (Å²) in [5.74, 6) is 0.957. The zero-order valence-electron chi connectivity index (χ0n) is 17.3. The molecule has 0 spiro atoms. The van der Waals surface area contributed by atoms with Crippen LogP contribution in [0.25, 0.3) is 0 Å². The fourth-order valence-corrected chi connectivity index (χ4v) is 4.39. The van der Waals surface area contributed by atoms with Crippen molar-refractivity contribution >= 4 is 28.1 Å². The molecule has 1 unspecified atom stereocenters. The number of ether oxygens (including phenoxy) is 1. The predicted octanol–water partition coefficient (Wildman–Crippen LogP) is 4.68. The maximum absolute atomic E-state index is 12.7. The molecular weight excluding hydrogens is 396 g/mol. The highest BCUT2D eigenvalue weighted by Crippen LogP contribution is 2.29. The average Bonchev–Trinajstić information content (AvgIpc) is 3.17. The smallest absolute Gasteiger partial charge is 0.260 e. The molecule has 3 heterocycles. The number of rotatable bonds is 6. The zero-order chi connectivity index (χ0) is 20.9. The molecule has 1 amide bonds. The van der Waals surface area contributed by atoms with Crippen molar-refractivity contribution < 1.29 is 9.53 Å². The molecule has 0 radical (unpaired) electrons. The number of pyridine rings is 1. The minimum absolute atomic E-state index is 0.0211. The summed E-state index contributed by atoms with van der Waals surface area (Å²) in [6.07, 6.45) is 3.85. The van der Waals surface area contributed by atoms with Gasteiger partial charge in [-0.3, -0.25) is 9.78 Å². The second-order valence-corrected chi connectivity index (χ2v) is 8.84. The van der Waals surface area contributed by atoms with Crippen LogP contribution < -0.4 is 10.1 Å². The van der Waals surface area contributed by atoms with Crippen LogP contribution in [-0.2, 0) is 4.79 Å². The molecule has 0 saturated carbocycles. The van der Waals surface area contributed by atoms with E-state index >= 15 is 0 Å². The van der Waals surface area contributed by atoms with Gasteiger partial charge in [0.25, 0.3) is 5.91 Å². The van der Waals surface area contributed by atoms with Gasteiger partial charge in [-0.2, -0.15) is 0 Å². The van der Waals surface area contributed by atoms with Crippen molar-refractivity contribution in [2.24, 2.45) is 0 Å². The summed E-state index contributed by atoms with van der Waals surface area (Å²) in [7, 11) is 0. The maximum atomic E-state index is 12.7. The Kier molecular flexibility index (Phi) is 6.28. The number of hydrogen-bond donors (Lipinski definition) is 1. The van der Waals surface area contributed by atoms with E-state index in [1.165, 1.54) is 4.88 Å². The highest BCUT2D eigenvalue weighted by Gasteiger charge is 2.26. The molecule has 0 bridgehead atoms. The molecule has 1 N–H and O–H groups in total. The van der Waals surface area contributed by atoms with Crippen molar-refractivity contribution in [1.29, 1.82) is 0 Å². The van der Waals surface area contributed by atoms with E-state index < -0.39 is 0 Å². The highest BCUT2D eigenvalue weighted by molar-refractivity contribution is 7.15. The zero-order valence-corrected chi connectivity index (χ0v) is 18.1. The van der Waals surface area contributed by atoms with E-state index in [4.69, 9.17) is 9.72 Å². The quantitative estimate of drug-likeness (QED) is 0.625. The molecule has 1 atom stereocenters. The molecular formula is C23H26N4O2S. The largest absolute Gasteiger partial charge is 0.484 e. The van der Waals surface area contributed by atoms with Crippen LogP contribution in [0.5, 0.6) is 5.75 Å². The first kappa shape index (κ1) is 20.3. The maximum Gasteiger partial charge on any atom is 0.260 e. The minimum Gasteiger partial charge on any atom is -0.484 e. The van der Waals surface area contributed by atoms with Gasteiger partial charge in [-0.1, -0.05) is 18.2 Å². The Balaban J connectivity index is 1.41. The molecule has 6 nitrogen and oxygen atoms in total. The summed E-state index contributed by atoms with van der Waals surface area (Å²) in [5.41, 5.74) is 2.97. The molecule has 0 aliphatic carbocycles. The van der Waals surface area contributed by atoms with E-state index in [-0.39, 0.29) is 18.4 Å². The SMILES string of the molecule is Cc1cc(Nc2ncc(C)s2)cc(C2CCCN(C(=O)COc3ccccc3)C2)n1. The van der Waals surface area contributed by atoms with E-state index in [0.29, 0.717) is 12.3 Å². The second kappa shape index (κ2) is 9.26. The summed E-state index contributed by atoms with van der Waals surface area (Å²) >= 11 is 1.63. The number of carbonyl (C=O) groups is 1. The van der Waals surface area contributed by atoms with Crippen molar-refractivity contribution in [2.45, 2.75) is 32.6 Å². The van der Waals surface area contributed by atoms with Gasteiger partial charge in [0.05, 0.1) is 0 Å². The predicted molar refractivity (Wildman–Crippen MR) is 120 cm³/mol. The fourth-order valence-electron chi connectivity index (χ4n) is 3.71.